The minimum atomic E-state index is -0.640. The number of halogens is 2. The largest absolute Gasteiger partial charge is 0.456 e. The van der Waals surface area contributed by atoms with Crippen molar-refractivity contribution in [2.24, 2.45) is 0 Å². The quantitative estimate of drug-likeness (QED) is 0.533. The van der Waals surface area contributed by atoms with Gasteiger partial charge in [-0.15, -0.1) is 0 Å². The van der Waals surface area contributed by atoms with E-state index in [9.17, 15) is 14.0 Å². The number of rotatable bonds is 7. The molecule has 2 aromatic carbocycles. The van der Waals surface area contributed by atoms with Gasteiger partial charge < -0.3 is 14.6 Å². The fraction of sp³-hybridized carbons (Fsp3) is 0.200. The molecule has 0 fully saturated rings. The highest BCUT2D eigenvalue weighted by atomic mass is 79.9. The third kappa shape index (κ3) is 5.95. The molecule has 1 amide bonds. The molecule has 3 rings (SSSR count). The first-order valence-corrected chi connectivity index (χ1v) is 9.50. The van der Waals surface area contributed by atoms with Gasteiger partial charge in [-0.3, -0.25) is 9.59 Å². The normalized spacial score (nSPS) is 10.6. The maximum Gasteiger partial charge on any atom is 0.306 e. The van der Waals surface area contributed by atoms with Gasteiger partial charge in [-0.1, -0.05) is 50.9 Å². The van der Waals surface area contributed by atoms with E-state index >= 15 is 0 Å². The Balaban J connectivity index is 1.44. The Hall–Kier alpha value is -3.07. The molecule has 7 nitrogen and oxygen atoms in total. The van der Waals surface area contributed by atoms with Crippen molar-refractivity contribution in [3.05, 3.63) is 64.2 Å². The van der Waals surface area contributed by atoms with Crippen LogP contribution in [0.4, 0.5) is 10.1 Å². The number of aromatic nitrogens is 2. The van der Waals surface area contributed by atoms with Gasteiger partial charge in [0.05, 0.1) is 12.1 Å². The lowest BCUT2D eigenvalue weighted by atomic mass is 10.1. The van der Waals surface area contributed by atoms with Crippen LogP contribution in [0, 0.1) is 12.7 Å². The molecular formula is C20H17BrFN3O4. The van der Waals surface area contributed by atoms with Crippen LogP contribution in [0.1, 0.15) is 17.9 Å². The predicted molar refractivity (Wildman–Crippen MR) is 106 cm³/mol. The summed E-state index contributed by atoms with van der Waals surface area (Å²) in [7, 11) is 0. The van der Waals surface area contributed by atoms with E-state index in [2.05, 4.69) is 31.4 Å². The Bertz CT molecular complexity index is 1020. The van der Waals surface area contributed by atoms with E-state index in [0.29, 0.717) is 16.2 Å². The molecule has 0 radical (unpaired) electrons. The molecule has 0 saturated heterocycles. The molecule has 0 spiro atoms. The lowest BCUT2D eigenvalue weighted by Gasteiger charge is -2.07. The van der Waals surface area contributed by atoms with Gasteiger partial charge in [0, 0.05) is 16.5 Å². The topological polar surface area (TPSA) is 94.3 Å². The van der Waals surface area contributed by atoms with Crippen LogP contribution in [-0.4, -0.2) is 28.6 Å². The zero-order valence-electron chi connectivity index (χ0n) is 15.4. The van der Waals surface area contributed by atoms with E-state index in [4.69, 9.17) is 9.26 Å². The third-order valence-corrected chi connectivity index (χ3v) is 4.38. The average molecular weight is 462 g/mol. The van der Waals surface area contributed by atoms with Crippen LogP contribution in [-0.2, 0) is 20.7 Å². The molecule has 29 heavy (non-hydrogen) atoms. The van der Waals surface area contributed by atoms with E-state index < -0.39 is 24.3 Å². The minimum absolute atomic E-state index is 0.00347. The van der Waals surface area contributed by atoms with Gasteiger partial charge >= 0.3 is 5.97 Å². The Morgan fingerprint density at radius 1 is 1.21 bits per heavy atom. The van der Waals surface area contributed by atoms with Crippen molar-refractivity contribution >= 4 is 33.5 Å². The molecule has 0 atom stereocenters. The standard InChI is InChI=1S/C20H17BrFN3O4/c1-12-2-4-13(5-3-12)20-24-18(29-25-20)8-9-19(27)28-11-17(26)23-16-7-6-14(21)10-15(16)22/h2-7,10H,8-9,11H2,1H3,(H,23,26). The van der Waals surface area contributed by atoms with Crippen molar-refractivity contribution in [2.75, 3.05) is 11.9 Å². The summed E-state index contributed by atoms with van der Waals surface area (Å²) in [5.74, 6) is -1.12. The molecule has 1 aromatic heterocycles. The number of aryl methyl sites for hydroxylation is 2. The number of carbonyl (C=O) groups excluding carboxylic acids is 2. The van der Waals surface area contributed by atoms with Gasteiger partial charge in [0.25, 0.3) is 5.91 Å². The summed E-state index contributed by atoms with van der Waals surface area (Å²) in [6, 6.07) is 11.8. The maximum atomic E-state index is 13.7. The number of hydrogen-bond donors (Lipinski definition) is 1. The highest BCUT2D eigenvalue weighted by Gasteiger charge is 2.13. The van der Waals surface area contributed by atoms with E-state index in [1.54, 1.807) is 6.07 Å². The lowest BCUT2D eigenvalue weighted by Crippen LogP contribution is -2.21. The Morgan fingerprint density at radius 2 is 1.97 bits per heavy atom. The minimum Gasteiger partial charge on any atom is -0.456 e. The molecular weight excluding hydrogens is 445 g/mol. The van der Waals surface area contributed by atoms with E-state index in [1.807, 2.05) is 31.2 Å². The summed E-state index contributed by atoms with van der Waals surface area (Å²) in [5, 5.41) is 6.23. The van der Waals surface area contributed by atoms with E-state index in [-0.39, 0.29) is 18.5 Å². The van der Waals surface area contributed by atoms with Crippen LogP contribution in [0.2, 0.25) is 0 Å². The van der Waals surface area contributed by atoms with Gasteiger partial charge in [0.15, 0.2) is 6.61 Å². The number of hydrogen-bond acceptors (Lipinski definition) is 6. The Labute approximate surface area is 174 Å². The van der Waals surface area contributed by atoms with Crippen LogP contribution < -0.4 is 5.32 Å². The smallest absolute Gasteiger partial charge is 0.306 e. The summed E-state index contributed by atoms with van der Waals surface area (Å²) < 4.78 is 24.3. The summed E-state index contributed by atoms with van der Waals surface area (Å²) in [6.07, 6.45) is 0.149. The molecule has 9 heteroatoms. The Morgan fingerprint density at radius 3 is 2.69 bits per heavy atom. The number of amides is 1. The second-order valence-electron chi connectivity index (χ2n) is 6.21. The molecule has 3 aromatic rings. The van der Waals surface area contributed by atoms with Gasteiger partial charge in [0.1, 0.15) is 5.82 Å². The summed E-state index contributed by atoms with van der Waals surface area (Å²) in [6.45, 7) is 1.46. The summed E-state index contributed by atoms with van der Waals surface area (Å²) >= 11 is 3.13. The zero-order valence-corrected chi connectivity index (χ0v) is 17.0. The number of anilines is 1. The fourth-order valence-electron chi connectivity index (χ4n) is 2.38. The third-order valence-electron chi connectivity index (χ3n) is 3.89. The summed E-state index contributed by atoms with van der Waals surface area (Å²) in [5.41, 5.74) is 1.93. The monoisotopic (exact) mass is 461 g/mol. The highest BCUT2D eigenvalue weighted by molar-refractivity contribution is 9.10. The molecule has 1 heterocycles. The number of nitrogens with zero attached hydrogens (tertiary/aromatic N) is 2. The van der Waals surface area contributed by atoms with Gasteiger partial charge in [-0.25, -0.2) is 4.39 Å². The average Bonchev–Trinajstić information content (AvgIpc) is 3.16. The number of nitrogens with one attached hydrogen (secondary N) is 1. The van der Waals surface area contributed by atoms with E-state index in [0.717, 1.165) is 11.1 Å². The second-order valence-corrected chi connectivity index (χ2v) is 7.13. The predicted octanol–water partition coefficient (Wildman–Crippen LogP) is 4.06. The van der Waals surface area contributed by atoms with Crippen LogP contribution in [0.25, 0.3) is 11.4 Å². The second kappa shape index (κ2) is 9.42. The van der Waals surface area contributed by atoms with Gasteiger partial charge in [-0.05, 0) is 25.1 Å². The van der Waals surface area contributed by atoms with Crippen LogP contribution >= 0.6 is 15.9 Å². The van der Waals surface area contributed by atoms with Crippen molar-refractivity contribution in [1.82, 2.24) is 10.1 Å². The number of ether oxygens (including phenoxy) is 1. The molecule has 150 valence electrons. The van der Waals surface area contributed by atoms with Crippen molar-refractivity contribution in [2.45, 2.75) is 19.8 Å². The fourth-order valence-corrected chi connectivity index (χ4v) is 2.71. The van der Waals surface area contributed by atoms with Crippen molar-refractivity contribution in [3.63, 3.8) is 0 Å². The number of benzene rings is 2. The van der Waals surface area contributed by atoms with Gasteiger partial charge in [0.2, 0.25) is 11.7 Å². The van der Waals surface area contributed by atoms with Crippen molar-refractivity contribution < 1.29 is 23.2 Å². The van der Waals surface area contributed by atoms with Crippen molar-refractivity contribution in [1.29, 1.82) is 0 Å². The molecule has 1 N–H and O–H groups in total. The summed E-state index contributed by atoms with van der Waals surface area (Å²) in [4.78, 5) is 27.9. The van der Waals surface area contributed by atoms with Gasteiger partial charge in [-0.2, -0.15) is 4.98 Å². The first kappa shape index (κ1) is 20.7. The molecule has 0 aliphatic heterocycles. The molecule has 0 saturated carbocycles. The first-order chi connectivity index (χ1) is 13.9. The van der Waals surface area contributed by atoms with Crippen LogP contribution in [0.3, 0.4) is 0 Å². The molecule has 0 bridgehead atoms. The van der Waals surface area contributed by atoms with E-state index in [1.165, 1.54) is 12.1 Å². The Kier molecular flexibility index (Phi) is 6.71. The number of esters is 1. The SMILES string of the molecule is Cc1ccc(-c2noc(CCC(=O)OCC(=O)Nc3ccc(Br)cc3F)n2)cc1. The maximum absolute atomic E-state index is 13.7. The van der Waals surface area contributed by atoms with Crippen molar-refractivity contribution in [3.8, 4) is 11.4 Å². The van der Waals surface area contributed by atoms with Crippen LogP contribution in [0.5, 0.6) is 0 Å². The van der Waals surface area contributed by atoms with Crippen LogP contribution in [0.15, 0.2) is 51.5 Å². The highest BCUT2D eigenvalue weighted by Crippen LogP contribution is 2.19. The molecule has 0 unspecified atom stereocenters. The molecule has 0 aliphatic carbocycles. The lowest BCUT2D eigenvalue weighted by molar-refractivity contribution is -0.147. The first-order valence-electron chi connectivity index (χ1n) is 8.71. The number of carbonyl (C=O) groups is 2. The zero-order chi connectivity index (χ0) is 20.8. The molecule has 0 aliphatic rings.